The predicted molar refractivity (Wildman–Crippen MR) is 107 cm³/mol. The average Bonchev–Trinajstić information content (AvgIpc) is 2.64. The van der Waals surface area contributed by atoms with E-state index < -0.39 is 10.0 Å². The van der Waals surface area contributed by atoms with Crippen LogP contribution in [0.4, 0.5) is 11.4 Å². The van der Waals surface area contributed by atoms with E-state index >= 15 is 0 Å². The Bertz CT molecular complexity index is 925. The van der Waals surface area contributed by atoms with Crippen LogP contribution in [0.2, 0.25) is 0 Å². The molecule has 1 fully saturated rings. The van der Waals surface area contributed by atoms with Crippen LogP contribution in [0, 0.1) is 0 Å². The van der Waals surface area contributed by atoms with Gasteiger partial charge in [-0.1, -0.05) is 22.4 Å². The minimum Gasteiger partial charge on any atom is -0.505 e. The molecule has 0 aliphatic carbocycles. The third-order valence-electron chi connectivity index (χ3n) is 4.07. The van der Waals surface area contributed by atoms with Crippen molar-refractivity contribution in [3.63, 3.8) is 0 Å². The van der Waals surface area contributed by atoms with Crippen molar-refractivity contribution in [2.45, 2.75) is 24.2 Å². The van der Waals surface area contributed by atoms with Crippen LogP contribution in [0.15, 0.2) is 60.5 Å². The summed E-state index contributed by atoms with van der Waals surface area (Å²) in [7, 11) is -3.46. The van der Waals surface area contributed by atoms with Gasteiger partial charge >= 0.3 is 0 Å². The number of phenols is 1. The predicted octanol–water partition coefficient (Wildman–Crippen LogP) is 5.51. The number of halogens is 2. The first kappa shape index (κ1) is 19.5. The van der Waals surface area contributed by atoms with Gasteiger partial charge in [0.25, 0.3) is 0 Å². The number of benzene rings is 2. The molecule has 2 aromatic rings. The summed E-state index contributed by atoms with van der Waals surface area (Å²) in [5.74, 6) is -0.0127. The van der Waals surface area contributed by atoms with Gasteiger partial charge in [0.05, 0.1) is 15.1 Å². The molecule has 2 aromatic carbocycles. The maximum atomic E-state index is 12.6. The summed E-state index contributed by atoms with van der Waals surface area (Å²) >= 11 is 6.57. The lowest BCUT2D eigenvalue weighted by molar-refractivity contribution is 0.346. The summed E-state index contributed by atoms with van der Waals surface area (Å²) in [4.78, 5) is 0.256. The number of rotatable bonds is 4. The molecule has 6 nitrogen and oxygen atoms in total. The van der Waals surface area contributed by atoms with E-state index in [9.17, 15) is 13.5 Å². The average molecular weight is 503 g/mol. The summed E-state index contributed by atoms with van der Waals surface area (Å²) in [5.41, 5.74) is 0.800. The second-order valence-corrected chi connectivity index (χ2v) is 9.62. The third kappa shape index (κ3) is 4.33. The van der Waals surface area contributed by atoms with E-state index in [0.717, 1.165) is 23.7 Å². The molecular formula is C17H17Br2N3O3S. The Morgan fingerprint density at radius 2 is 1.62 bits per heavy atom. The molecule has 0 aromatic heterocycles. The Morgan fingerprint density at radius 3 is 2.27 bits per heavy atom. The first-order valence-corrected chi connectivity index (χ1v) is 11.1. The number of azo groups is 1. The number of hydrogen-bond donors (Lipinski definition) is 1. The van der Waals surface area contributed by atoms with Crippen molar-refractivity contribution in [2.24, 2.45) is 10.2 Å². The Balaban J connectivity index is 1.80. The second-order valence-electron chi connectivity index (χ2n) is 5.91. The van der Waals surface area contributed by atoms with E-state index in [-0.39, 0.29) is 10.6 Å². The number of hydrogen-bond acceptors (Lipinski definition) is 5. The van der Waals surface area contributed by atoms with Crippen LogP contribution in [-0.2, 0) is 10.0 Å². The molecule has 3 rings (SSSR count). The molecule has 0 radical (unpaired) electrons. The van der Waals surface area contributed by atoms with Crippen LogP contribution >= 0.6 is 31.9 Å². The van der Waals surface area contributed by atoms with Crippen LogP contribution in [0.5, 0.6) is 5.75 Å². The monoisotopic (exact) mass is 501 g/mol. The van der Waals surface area contributed by atoms with Crippen molar-refractivity contribution in [2.75, 3.05) is 13.1 Å². The van der Waals surface area contributed by atoms with Crippen LogP contribution < -0.4 is 0 Å². The molecule has 0 spiro atoms. The number of aromatic hydroxyl groups is 1. The Hall–Kier alpha value is -1.29. The second kappa shape index (κ2) is 8.16. The molecule has 0 amide bonds. The Labute approximate surface area is 169 Å². The summed E-state index contributed by atoms with van der Waals surface area (Å²) in [6.45, 7) is 1.14. The zero-order valence-corrected chi connectivity index (χ0v) is 17.8. The van der Waals surface area contributed by atoms with Crippen molar-refractivity contribution in [3.05, 3.63) is 45.3 Å². The summed E-state index contributed by atoms with van der Waals surface area (Å²) in [5, 5.41) is 18.1. The first-order chi connectivity index (χ1) is 12.4. The molecule has 26 heavy (non-hydrogen) atoms. The first-order valence-electron chi connectivity index (χ1n) is 8.08. The zero-order chi connectivity index (χ0) is 18.7. The van der Waals surface area contributed by atoms with E-state index in [1.54, 1.807) is 24.3 Å². The molecule has 1 saturated heterocycles. The number of nitrogens with zero attached hydrogens (tertiary/aromatic N) is 3. The van der Waals surface area contributed by atoms with E-state index in [1.807, 2.05) is 0 Å². The number of piperidine rings is 1. The molecule has 0 bridgehead atoms. The fourth-order valence-corrected chi connectivity index (χ4v) is 5.40. The smallest absolute Gasteiger partial charge is 0.243 e. The van der Waals surface area contributed by atoms with Gasteiger partial charge in [0.15, 0.2) is 5.75 Å². The maximum absolute atomic E-state index is 12.6. The van der Waals surface area contributed by atoms with E-state index in [2.05, 4.69) is 42.1 Å². The fourth-order valence-electron chi connectivity index (χ4n) is 2.68. The van der Waals surface area contributed by atoms with Gasteiger partial charge in [0, 0.05) is 17.6 Å². The van der Waals surface area contributed by atoms with Gasteiger partial charge in [-0.05, 0) is 65.2 Å². The summed E-state index contributed by atoms with van der Waals surface area (Å²) < 4.78 is 28.0. The van der Waals surface area contributed by atoms with E-state index in [0.29, 0.717) is 28.9 Å². The topological polar surface area (TPSA) is 82.3 Å². The Morgan fingerprint density at radius 1 is 0.962 bits per heavy atom. The Kier molecular flexibility index (Phi) is 6.11. The molecule has 9 heteroatoms. The van der Waals surface area contributed by atoms with E-state index in [4.69, 9.17) is 0 Å². The van der Waals surface area contributed by atoms with Gasteiger partial charge in [-0.15, -0.1) is 5.11 Å². The zero-order valence-electron chi connectivity index (χ0n) is 13.8. The van der Waals surface area contributed by atoms with Gasteiger partial charge in [-0.3, -0.25) is 0 Å². The lowest BCUT2D eigenvalue weighted by atomic mass is 10.2. The third-order valence-corrected chi connectivity index (χ3v) is 7.05. The lowest BCUT2D eigenvalue weighted by Crippen LogP contribution is -2.35. The van der Waals surface area contributed by atoms with Crippen molar-refractivity contribution in [1.82, 2.24) is 4.31 Å². The molecule has 0 atom stereocenters. The summed E-state index contributed by atoms with van der Waals surface area (Å²) in [6.07, 6.45) is 2.87. The molecule has 0 saturated carbocycles. The minimum absolute atomic E-state index is 0.0127. The summed E-state index contributed by atoms with van der Waals surface area (Å²) in [6, 6.07) is 9.62. The molecule has 1 N–H and O–H groups in total. The number of sulfonamides is 1. The SMILES string of the molecule is O=S(=O)(c1ccc(N=Nc2cc(Br)cc(Br)c2O)cc1)N1CCCCC1. The fraction of sp³-hybridized carbons (Fsp3) is 0.294. The highest BCUT2D eigenvalue weighted by Crippen LogP contribution is 2.38. The van der Waals surface area contributed by atoms with Crippen LogP contribution in [0.1, 0.15) is 19.3 Å². The molecular weight excluding hydrogens is 486 g/mol. The molecule has 1 aliphatic rings. The minimum atomic E-state index is -3.46. The van der Waals surface area contributed by atoms with E-state index in [1.165, 1.54) is 16.4 Å². The highest BCUT2D eigenvalue weighted by atomic mass is 79.9. The molecule has 1 aliphatic heterocycles. The largest absolute Gasteiger partial charge is 0.505 e. The highest BCUT2D eigenvalue weighted by molar-refractivity contribution is 9.11. The maximum Gasteiger partial charge on any atom is 0.243 e. The van der Waals surface area contributed by atoms with Crippen molar-refractivity contribution in [3.8, 4) is 5.75 Å². The quantitative estimate of drug-likeness (QED) is 0.559. The van der Waals surface area contributed by atoms with Gasteiger partial charge in [-0.25, -0.2) is 8.42 Å². The molecule has 1 heterocycles. The van der Waals surface area contributed by atoms with Gasteiger partial charge in [-0.2, -0.15) is 9.42 Å². The standard InChI is InChI=1S/C17H17Br2N3O3S/c18-12-10-15(19)17(23)16(11-12)21-20-13-4-6-14(7-5-13)26(24,25)22-8-2-1-3-9-22/h4-7,10-11,23H,1-3,8-9H2. The van der Waals surface area contributed by atoms with Crippen LogP contribution in [0.25, 0.3) is 0 Å². The van der Waals surface area contributed by atoms with Gasteiger partial charge in [0.1, 0.15) is 5.69 Å². The van der Waals surface area contributed by atoms with Gasteiger partial charge in [0.2, 0.25) is 10.0 Å². The van der Waals surface area contributed by atoms with Crippen LogP contribution in [0.3, 0.4) is 0 Å². The lowest BCUT2D eigenvalue weighted by Gasteiger charge is -2.25. The van der Waals surface area contributed by atoms with Gasteiger partial charge < -0.3 is 5.11 Å². The molecule has 0 unspecified atom stereocenters. The highest BCUT2D eigenvalue weighted by Gasteiger charge is 2.25. The van der Waals surface area contributed by atoms with Crippen molar-refractivity contribution < 1.29 is 13.5 Å². The van der Waals surface area contributed by atoms with Crippen molar-refractivity contribution >= 4 is 53.3 Å². The number of phenolic OH excluding ortho intramolecular Hbond substituents is 1. The normalized spacial score (nSPS) is 16.2. The van der Waals surface area contributed by atoms with Crippen molar-refractivity contribution in [1.29, 1.82) is 0 Å². The van der Waals surface area contributed by atoms with Crippen LogP contribution in [-0.4, -0.2) is 30.9 Å². The molecule has 138 valence electrons.